The van der Waals surface area contributed by atoms with E-state index in [0.29, 0.717) is 25.9 Å². The largest absolute Gasteiger partial charge is 0.462 e. The Balaban J connectivity index is 4.42. The second-order valence-corrected chi connectivity index (χ2v) is 19.5. The lowest BCUT2D eigenvalue weighted by molar-refractivity contribution is -0.162. The summed E-state index contributed by atoms with van der Waals surface area (Å²) in [6.07, 6.45) is 86.7. The summed E-state index contributed by atoms with van der Waals surface area (Å²) in [6, 6.07) is 0. The van der Waals surface area contributed by atoms with E-state index in [9.17, 15) is 9.59 Å². The topological polar surface area (TPSA) is 61.8 Å². The van der Waals surface area contributed by atoms with Gasteiger partial charge in [-0.05, 0) is 96.3 Å². The van der Waals surface area contributed by atoms with Gasteiger partial charge < -0.3 is 14.2 Å². The quantitative estimate of drug-likeness (QED) is 0.0345. The second-order valence-electron chi connectivity index (χ2n) is 19.5. The van der Waals surface area contributed by atoms with E-state index in [4.69, 9.17) is 14.2 Å². The van der Waals surface area contributed by atoms with Crippen LogP contribution in [-0.2, 0) is 23.8 Å². The summed E-state index contributed by atoms with van der Waals surface area (Å²) >= 11 is 0. The summed E-state index contributed by atoms with van der Waals surface area (Å²) in [6.45, 7) is 7.52. The predicted octanol–water partition coefficient (Wildman–Crippen LogP) is 20.9. The normalized spacial score (nSPS) is 13.1. The number of rotatable bonds is 54. The highest BCUT2D eigenvalue weighted by atomic mass is 16.6. The summed E-state index contributed by atoms with van der Waals surface area (Å²) < 4.78 is 17.4. The highest BCUT2D eigenvalue weighted by Crippen LogP contribution is 2.15. The Morgan fingerprint density at radius 3 is 1.06 bits per heavy atom. The van der Waals surface area contributed by atoms with E-state index < -0.39 is 6.10 Å². The SMILES string of the molecule is CC/C=C\C/C=C\C/C=C\C/C=C\C/C=C\C/C=C\CCC(=O)OCC(COCCCCCCCCC/C=C\C/C=C\C/C=C\C/C=C\CC)OC(=O)CCCCCCCCCCCCCCCCCCC. The molecule has 0 aromatic carbocycles. The van der Waals surface area contributed by atoms with Gasteiger partial charge in [0.1, 0.15) is 6.61 Å². The van der Waals surface area contributed by atoms with Crippen LogP contribution < -0.4 is 0 Å². The zero-order valence-electron chi connectivity index (χ0n) is 47.2. The number of hydrogen-bond acceptors (Lipinski definition) is 5. The van der Waals surface area contributed by atoms with Crippen LogP contribution in [0.3, 0.4) is 0 Å². The molecule has 1 atom stereocenters. The molecule has 0 aliphatic heterocycles. The van der Waals surface area contributed by atoms with Gasteiger partial charge in [0.05, 0.1) is 6.61 Å². The third-order valence-corrected chi connectivity index (χ3v) is 12.5. The minimum absolute atomic E-state index is 0.0360. The Labute approximate surface area is 446 Å². The van der Waals surface area contributed by atoms with Gasteiger partial charge in [-0.1, -0.05) is 277 Å². The minimum Gasteiger partial charge on any atom is -0.462 e. The molecule has 72 heavy (non-hydrogen) atoms. The smallest absolute Gasteiger partial charge is 0.306 e. The predicted molar refractivity (Wildman–Crippen MR) is 316 cm³/mol. The molecule has 0 spiro atoms. The molecule has 5 nitrogen and oxygen atoms in total. The Hall–Kier alpha value is -3.70. The number of carbonyl (C=O) groups is 2. The maximum atomic E-state index is 12.9. The Morgan fingerprint density at radius 1 is 0.319 bits per heavy atom. The molecule has 0 fully saturated rings. The molecular weight excluding hydrogens is 885 g/mol. The van der Waals surface area contributed by atoms with Crippen molar-refractivity contribution in [3.63, 3.8) is 0 Å². The number of allylic oxidation sites excluding steroid dienone is 20. The molecule has 0 aromatic rings. The van der Waals surface area contributed by atoms with Crippen molar-refractivity contribution in [2.75, 3.05) is 19.8 Å². The maximum absolute atomic E-state index is 12.9. The Kier molecular flexibility index (Phi) is 58.4. The van der Waals surface area contributed by atoms with Gasteiger partial charge in [0, 0.05) is 19.4 Å². The lowest BCUT2D eigenvalue weighted by Gasteiger charge is -2.18. The van der Waals surface area contributed by atoms with Gasteiger partial charge in [0.25, 0.3) is 0 Å². The van der Waals surface area contributed by atoms with Crippen LogP contribution in [0, 0.1) is 0 Å². The number of unbranched alkanes of at least 4 members (excludes halogenated alkanes) is 23. The van der Waals surface area contributed by atoms with Gasteiger partial charge in [-0.2, -0.15) is 0 Å². The van der Waals surface area contributed by atoms with Crippen molar-refractivity contribution in [2.45, 2.75) is 271 Å². The molecule has 0 aliphatic rings. The van der Waals surface area contributed by atoms with Gasteiger partial charge in [0.2, 0.25) is 0 Å². The Bertz CT molecular complexity index is 1450. The van der Waals surface area contributed by atoms with Crippen molar-refractivity contribution in [3.05, 3.63) is 122 Å². The Morgan fingerprint density at radius 2 is 0.653 bits per heavy atom. The van der Waals surface area contributed by atoms with Crippen LogP contribution in [0.25, 0.3) is 0 Å². The molecule has 0 rings (SSSR count). The number of carbonyl (C=O) groups excluding carboxylic acids is 2. The fraction of sp³-hybridized carbons (Fsp3) is 0.672. The molecule has 5 heteroatoms. The monoisotopic (exact) mass is 997 g/mol. The van der Waals surface area contributed by atoms with Gasteiger partial charge in [-0.25, -0.2) is 0 Å². The van der Waals surface area contributed by atoms with Crippen molar-refractivity contribution in [2.24, 2.45) is 0 Å². The highest BCUT2D eigenvalue weighted by molar-refractivity contribution is 5.70. The fourth-order valence-electron chi connectivity index (χ4n) is 8.12. The van der Waals surface area contributed by atoms with Crippen molar-refractivity contribution in [3.8, 4) is 0 Å². The van der Waals surface area contributed by atoms with Crippen molar-refractivity contribution >= 4 is 11.9 Å². The van der Waals surface area contributed by atoms with Gasteiger partial charge in [-0.3, -0.25) is 9.59 Å². The van der Waals surface area contributed by atoms with Gasteiger partial charge in [0.15, 0.2) is 6.10 Å². The summed E-state index contributed by atoms with van der Waals surface area (Å²) in [5, 5.41) is 0. The van der Waals surface area contributed by atoms with Crippen molar-refractivity contribution in [1.29, 1.82) is 0 Å². The number of esters is 2. The first-order valence-corrected chi connectivity index (χ1v) is 30.1. The van der Waals surface area contributed by atoms with Crippen LogP contribution in [0.5, 0.6) is 0 Å². The standard InChI is InChI=1S/C67H112O5/c1-4-7-10-13-16-19-22-25-28-31-33-35-38-41-44-47-50-53-56-59-62-70-63-65(72-67(69)61-58-55-52-49-46-43-40-36-30-27-24-21-18-15-12-9-6-3)64-71-66(68)60-57-54-51-48-45-42-39-37-34-32-29-26-23-20-17-14-11-8-5-2/h7-8,10-11,16-17,19-20,25-26,28-29,33-35,37,42,45,51,54,65H,4-6,9,12-15,18,21-24,27,30-32,36,38-41,43-44,46-50,52-53,55-64H2,1-3H3/b10-7-,11-8-,19-16-,20-17-,28-25-,29-26-,35-33-,37-34-,45-42-,54-51-. The third kappa shape index (κ3) is 58.9. The van der Waals surface area contributed by atoms with Crippen molar-refractivity contribution in [1.82, 2.24) is 0 Å². The molecular formula is C67H112O5. The molecule has 0 bridgehead atoms. The molecule has 1 unspecified atom stereocenters. The molecule has 0 aliphatic carbocycles. The molecule has 0 N–H and O–H groups in total. The molecule has 0 saturated carbocycles. The lowest BCUT2D eigenvalue weighted by Crippen LogP contribution is -2.30. The summed E-state index contributed by atoms with van der Waals surface area (Å²) in [4.78, 5) is 25.5. The summed E-state index contributed by atoms with van der Waals surface area (Å²) in [5.41, 5.74) is 0. The molecule has 410 valence electrons. The van der Waals surface area contributed by atoms with E-state index in [0.717, 1.165) is 103 Å². The van der Waals surface area contributed by atoms with E-state index in [1.165, 1.54) is 122 Å². The third-order valence-electron chi connectivity index (χ3n) is 12.5. The van der Waals surface area contributed by atoms with Crippen LogP contribution in [0.1, 0.15) is 265 Å². The zero-order valence-corrected chi connectivity index (χ0v) is 47.2. The maximum Gasteiger partial charge on any atom is 0.306 e. The van der Waals surface area contributed by atoms with Crippen LogP contribution >= 0.6 is 0 Å². The number of hydrogen-bond donors (Lipinski definition) is 0. The first kappa shape index (κ1) is 68.3. The highest BCUT2D eigenvalue weighted by Gasteiger charge is 2.17. The lowest BCUT2D eigenvalue weighted by atomic mass is 10.0. The van der Waals surface area contributed by atoms with Crippen LogP contribution in [-0.4, -0.2) is 37.9 Å². The van der Waals surface area contributed by atoms with Gasteiger partial charge in [-0.15, -0.1) is 0 Å². The van der Waals surface area contributed by atoms with Crippen LogP contribution in [0.4, 0.5) is 0 Å². The molecule has 0 amide bonds. The van der Waals surface area contributed by atoms with Crippen LogP contribution in [0.2, 0.25) is 0 Å². The van der Waals surface area contributed by atoms with E-state index in [-0.39, 0.29) is 25.2 Å². The average Bonchev–Trinajstić information content (AvgIpc) is 3.38. The first-order chi connectivity index (χ1) is 35.6. The first-order valence-electron chi connectivity index (χ1n) is 30.1. The second kappa shape index (κ2) is 61.6. The average molecular weight is 998 g/mol. The van der Waals surface area contributed by atoms with Gasteiger partial charge >= 0.3 is 11.9 Å². The van der Waals surface area contributed by atoms with Crippen LogP contribution in [0.15, 0.2) is 122 Å². The zero-order chi connectivity index (χ0) is 52.0. The molecule has 0 radical (unpaired) electrons. The number of ether oxygens (including phenoxy) is 3. The fourth-order valence-corrected chi connectivity index (χ4v) is 8.12. The van der Waals surface area contributed by atoms with Crippen molar-refractivity contribution < 1.29 is 23.8 Å². The summed E-state index contributed by atoms with van der Waals surface area (Å²) in [5.74, 6) is -0.497. The minimum atomic E-state index is -0.580. The van der Waals surface area contributed by atoms with E-state index >= 15 is 0 Å². The van der Waals surface area contributed by atoms with E-state index in [1.54, 1.807) is 0 Å². The molecule has 0 heterocycles. The van der Waals surface area contributed by atoms with E-state index in [1.807, 2.05) is 6.08 Å². The summed E-state index contributed by atoms with van der Waals surface area (Å²) in [7, 11) is 0. The van der Waals surface area contributed by atoms with E-state index in [2.05, 4.69) is 136 Å². The molecule has 0 aromatic heterocycles. The molecule has 0 saturated heterocycles.